The zero-order valence-electron chi connectivity index (χ0n) is 9.65. The fourth-order valence-corrected chi connectivity index (χ4v) is 4.57. The molecule has 0 spiro atoms. The first kappa shape index (κ1) is 11.6. The molecule has 0 nitrogen and oxygen atoms in total. The molecule has 0 aliphatic carbocycles. The lowest BCUT2D eigenvalue weighted by Gasteiger charge is -2.03. The van der Waals surface area contributed by atoms with E-state index in [2.05, 4.69) is 68.4 Å². The van der Waals surface area contributed by atoms with Crippen molar-refractivity contribution in [2.45, 2.75) is 19.8 Å². The first-order chi connectivity index (χ1) is 7.77. The van der Waals surface area contributed by atoms with Gasteiger partial charge in [0.1, 0.15) is 0 Å². The van der Waals surface area contributed by atoms with Gasteiger partial charge in [0.2, 0.25) is 0 Å². The monoisotopic (exact) mass is 323 g/mol. The smallest absolute Gasteiger partial charge is 0.0619 e. The van der Waals surface area contributed by atoms with Crippen LogP contribution in [0.2, 0.25) is 0 Å². The predicted octanol–water partition coefficient (Wildman–Crippen LogP) is 0.938. The minimum absolute atomic E-state index is 0.0266. The van der Waals surface area contributed by atoms with E-state index in [1.54, 1.807) is 3.57 Å². The summed E-state index contributed by atoms with van der Waals surface area (Å²) in [6.45, 7) is 4.54. The Hall–Kier alpha value is -0.830. The van der Waals surface area contributed by atoms with E-state index in [9.17, 15) is 0 Å². The average molecular weight is 323 g/mol. The average Bonchev–Trinajstić information content (AvgIpc) is 2.31. The van der Waals surface area contributed by atoms with Gasteiger partial charge in [-0.1, -0.05) is 50.2 Å². The summed E-state index contributed by atoms with van der Waals surface area (Å²) in [5.41, 5.74) is 1.51. The summed E-state index contributed by atoms with van der Waals surface area (Å²) in [5.74, 6) is 0.625. The van der Waals surface area contributed by atoms with Gasteiger partial charge in [0.15, 0.2) is 7.14 Å². The van der Waals surface area contributed by atoms with Crippen LogP contribution in [0.15, 0.2) is 54.6 Å². The van der Waals surface area contributed by atoms with Crippen LogP contribution < -0.4 is 21.2 Å². The van der Waals surface area contributed by atoms with Gasteiger partial charge in [-0.3, -0.25) is 0 Å². The van der Waals surface area contributed by atoms with Crippen molar-refractivity contribution >= 4 is 0 Å². The third-order valence-corrected chi connectivity index (χ3v) is 5.38. The van der Waals surface area contributed by atoms with Gasteiger partial charge < -0.3 is 0 Å². The highest BCUT2D eigenvalue weighted by Gasteiger charge is 2.20. The normalized spacial score (nSPS) is 10.7. The third kappa shape index (κ3) is 2.85. The van der Waals surface area contributed by atoms with Gasteiger partial charge >= 0.3 is 21.2 Å². The van der Waals surface area contributed by atoms with Crippen LogP contribution in [0.5, 0.6) is 0 Å². The molecule has 0 saturated carbocycles. The van der Waals surface area contributed by atoms with E-state index in [1.807, 2.05) is 0 Å². The molecule has 0 aromatic heterocycles. The molecular weight excluding hydrogens is 307 g/mol. The fraction of sp³-hybridized carbons (Fsp3) is 0.200. The van der Waals surface area contributed by atoms with Crippen LogP contribution in [-0.2, 0) is 0 Å². The summed E-state index contributed by atoms with van der Waals surface area (Å²) < 4.78 is 3.05. The van der Waals surface area contributed by atoms with Crippen LogP contribution in [0.4, 0.5) is 0 Å². The molecule has 16 heavy (non-hydrogen) atoms. The Kier molecular flexibility index (Phi) is 3.99. The molecule has 0 atom stereocenters. The molecule has 0 heterocycles. The Bertz CT molecular complexity index is 446. The zero-order valence-corrected chi connectivity index (χ0v) is 11.8. The van der Waals surface area contributed by atoms with E-state index in [0.717, 1.165) is 0 Å². The van der Waals surface area contributed by atoms with Crippen LogP contribution in [0.25, 0.3) is 0 Å². The highest BCUT2D eigenvalue weighted by Crippen LogP contribution is 2.12. The number of hydrogen-bond donors (Lipinski definition) is 0. The summed E-state index contributed by atoms with van der Waals surface area (Å²) in [5, 5.41) is 0. The molecule has 2 aromatic rings. The van der Waals surface area contributed by atoms with Crippen LogP contribution in [0, 0.1) is 7.14 Å². The third-order valence-electron chi connectivity index (χ3n) is 2.47. The molecule has 0 aliphatic heterocycles. The van der Waals surface area contributed by atoms with Crippen molar-refractivity contribution in [3.63, 3.8) is 0 Å². The first-order valence-corrected chi connectivity index (χ1v) is 7.72. The molecule has 2 rings (SSSR count). The van der Waals surface area contributed by atoms with Crippen LogP contribution in [0.3, 0.4) is 0 Å². The van der Waals surface area contributed by atoms with Gasteiger partial charge in [-0.15, -0.1) is 0 Å². The minimum Gasteiger partial charge on any atom is -0.0619 e. The minimum atomic E-state index is -0.0266. The summed E-state index contributed by atoms with van der Waals surface area (Å²) in [4.78, 5) is 0. The second-order valence-electron chi connectivity index (χ2n) is 4.07. The zero-order chi connectivity index (χ0) is 11.4. The Morgan fingerprint density at radius 3 is 2.12 bits per heavy atom. The lowest BCUT2D eigenvalue weighted by atomic mass is 10.0. The standard InChI is InChI=1S/C15H16I/c1-12(2)14-10-6-7-11-15(14)16-13-8-4-3-5-9-13/h3-12H,1-2H3/q+1. The van der Waals surface area contributed by atoms with Crippen molar-refractivity contribution in [3.8, 4) is 0 Å². The predicted molar refractivity (Wildman–Crippen MR) is 64.4 cm³/mol. The molecule has 0 fully saturated rings. The van der Waals surface area contributed by atoms with Crippen molar-refractivity contribution in [1.82, 2.24) is 0 Å². The second-order valence-corrected chi connectivity index (χ2v) is 7.01. The number of rotatable bonds is 3. The van der Waals surface area contributed by atoms with E-state index in [0.29, 0.717) is 5.92 Å². The van der Waals surface area contributed by atoms with E-state index in [-0.39, 0.29) is 21.2 Å². The van der Waals surface area contributed by atoms with Gasteiger partial charge in [0.05, 0.1) is 0 Å². The van der Waals surface area contributed by atoms with Crippen molar-refractivity contribution in [1.29, 1.82) is 0 Å². The molecule has 0 bridgehead atoms. The van der Waals surface area contributed by atoms with Crippen molar-refractivity contribution in [2.75, 3.05) is 0 Å². The molecule has 0 radical (unpaired) electrons. The molecular formula is C15H16I+. The lowest BCUT2D eigenvalue weighted by molar-refractivity contribution is -0.598. The van der Waals surface area contributed by atoms with E-state index < -0.39 is 0 Å². The summed E-state index contributed by atoms with van der Waals surface area (Å²) in [6, 6.07) is 19.7. The molecule has 0 saturated heterocycles. The van der Waals surface area contributed by atoms with Crippen molar-refractivity contribution in [3.05, 3.63) is 67.3 Å². The van der Waals surface area contributed by atoms with Crippen LogP contribution in [-0.4, -0.2) is 0 Å². The number of benzene rings is 2. The maximum Gasteiger partial charge on any atom is 0.358 e. The molecule has 2 aromatic carbocycles. The summed E-state index contributed by atoms with van der Waals surface area (Å²) >= 11 is -0.0266. The molecule has 0 amide bonds. The van der Waals surface area contributed by atoms with Crippen LogP contribution in [0.1, 0.15) is 25.3 Å². The fourth-order valence-electron chi connectivity index (χ4n) is 1.62. The molecule has 0 N–H and O–H groups in total. The van der Waals surface area contributed by atoms with Gasteiger partial charge in [0, 0.05) is 5.56 Å². The topological polar surface area (TPSA) is 0 Å². The van der Waals surface area contributed by atoms with Crippen molar-refractivity contribution in [2.24, 2.45) is 0 Å². The first-order valence-electron chi connectivity index (χ1n) is 5.56. The Morgan fingerprint density at radius 2 is 1.44 bits per heavy atom. The summed E-state index contributed by atoms with van der Waals surface area (Å²) in [6.07, 6.45) is 0. The van der Waals surface area contributed by atoms with E-state index in [4.69, 9.17) is 0 Å². The Morgan fingerprint density at radius 1 is 0.812 bits per heavy atom. The Balaban J connectivity index is 2.28. The van der Waals surface area contributed by atoms with E-state index >= 15 is 0 Å². The number of halogens is 1. The largest absolute Gasteiger partial charge is 0.358 e. The van der Waals surface area contributed by atoms with Gasteiger partial charge in [-0.25, -0.2) is 0 Å². The molecule has 1 heteroatoms. The maximum atomic E-state index is 2.29. The van der Waals surface area contributed by atoms with Gasteiger partial charge in [-0.2, -0.15) is 0 Å². The van der Waals surface area contributed by atoms with Crippen molar-refractivity contribution < 1.29 is 21.2 Å². The summed E-state index contributed by atoms with van der Waals surface area (Å²) in [7, 11) is 0. The number of hydrogen-bond acceptors (Lipinski definition) is 0. The highest BCUT2D eigenvalue weighted by atomic mass is 127. The van der Waals surface area contributed by atoms with E-state index in [1.165, 1.54) is 9.13 Å². The second kappa shape index (κ2) is 5.48. The molecule has 0 aliphatic rings. The molecule has 82 valence electrons. The Labute approximate surface area is 108 Å². The molecule has 0 unspecified atom stereocenters. The lowest BCUT2D eigenvalue weighted by Crippen LogP contribution is -3.61. The quantitative estimate of drug-likeness (QED) is 0.738. The SMILES string of the molecule is CC(C)c1ccccc1[I+]c1ccccc1. The van der Waals surface area contributed by atoms with Gasteiger partial charge in [-0.05, 0) is 24.1 Å². The maximum absolute atomic E-state index is 2.29. The van der Waals surface area contributed by atoms with Gasteiger partial charge in [0.25, 0.3) is 0 Å². The van der Waals surface area contributed by atoms with Crippen LogP contribution >= 0.6 is 0 Å². The highest BCUT2D eigenvalue weighted by molar-refractivity contribution is 5.17.